The van der Waals surface area contributed by atoms with Gasteiger partial charge >= 0.3 is 0 Å². The maximum absolute atomic E-state index is 14.0. The highest BCUT2D eigenvalue weighted by Crippen LogP contribution is 2.34. The van der Waals surface area contributed by atoms with E-state index in [0.29, 0.717) is 37.7 Å². The first kappa shape index (κ1) is 19.3. The standard InChI is InChI=1S/C23H17FN4O2S/c1-12(21(29)26-14-5-3-2-4-6-14)31-23-27-19-15-8-7-13(24)11-17(15)18-16(20(19)28-23)9-10-25-22(18)30/h2-12H,1H3,(H,25,30)(H,26,29)(H,27,28). The van der Waals surface area contributed by atoms with Crippen LogP contribution in [0.5, 0.6) is 0 Å². The minimum Gasteiger partial charge on any atom is -0.332 e. The van der Waals surface area contributed by atoms with Crippen molar-refractivity contribution in [3.63, 3.8) is 0 Å². The minimum absolute atomic E-state index is 0.148. The summed E-state index contributed by atoms with van der Waals surface area (Å²) in [6, 6.07) is 15.3. The number of carbonyl (C=O) groups excluding carboxylic acids is 1. The second-order valence-electron chi connectivity index (χ2n) is 7.17. The number of aromatic nitrogens is 3. The van der Waals surface area contributed by atoms with E-state index in [1.54, 1.807) is 25.3 Å². The molecule has 2 heterocycles. The van der Waals surface area contributed by atoms with Gasteiger partial charge in [-0.25, -0.2) is 9.37 Å². The van der Waals surface area contributed by atoms with Gasteiger partial charge in [-0.05, 0) is 43.3 Å². The van der Waals surface area contributed by atoms with Crippen LogP contribution in [0.1, 0.15) is 6.92 Å². The maximum atomic E-state index is 14.0. The van der Waals surface area contributed by atoms with Crippen LogP contribution >= 0.6 is 11.8 Å². The molecule has 1 atom stereocenters. The Labute approximate surface area is 179 Å². The summed E-state index contributed by atoms with van der Waals surface area (Å²) < 4.78 is 14.0. The minimum atomic E-state index is -0.420. The van der Waals surface area contributed by atoms with Gasteiger partial charge in [0.05, 0.1) is 21.7 Å². The number of nitrogens with one attached hydrogen (secondary N) is 3. The Hall–Kier alpha value is -3.65. The van der Waals surface area contributed by atoms with Crippen molar-refractivity contribution < 1.29 is 9.18 Å². The second-order valence-corrected chi connectivity index (χ2v) is 8.50. The van der Waals surface area contributed by atoms with Gasteiger partial charge in [0, 0.05) is 28.0 Å². The maximum Gasteiger partial charge on any atom is 0.256 e. The second kappa shape index (κ2) is 7.55. The van der Waals surface area contributed by atoms with Gasteiger partial charge in [0.15, 0.2) is 5.16 Å². The molecule has 5 rings (SSSR count). The van der Waals surface area contributed by atoms with Gasteiger partial charge in [-0.1, -0.05) is 30.0 Å². The lowest BCUT2D eigenvalue weighted by Crippen LogP contribution is -2.22. The molecule has 0 radical (unpaired) electrons. The summed E-state index contributed by atoms with van der Waals surface area (Å²) in [7, 11) is 0. The van der Waals surface area contributed by atoms with Gasteiger partial charge in [-0.15, -0.1) is 0 Å². The average molecular weight is 432 g/mol. The Morgan fingerprint density at radius 3 is 2.71 bits per heavy atom. The van der Waals surface area contributed by atoms with Crippen LogP contribution < -0.4 is 10.9 Å². The normalized spacial score (nSPS) is 12.5. The van der Waals surface area contributed by atoms with Crippen molar-refractivity contribution in [2.45, 2.75) is 17.3 Å². The van der Waals surface area contributed by atoms with Crippen LogP contribution in [0.15, 0.2) is 70.7 Å². The molecular weight excluding hydrogens is 415 g/mol. The monoisotopic (exact) mass is 432 g/mol. The van der Waals surface area contributed by atoms with Crippen molar-refractivity contribution in [2.24, 2.45) is 0 Å². The molecule has 0 saturated carbocycles. The SMILES string of the molecule is CC(Sc1nc2c3cc[nH]c(=O)c3c3cc(F)ccc3c2[nH]1)C(=O)Nc1ccccc1. The van der Waals surface area contributed by atoms with Gasteiger partial charge in [-0.2, -0.15) is 0 Å². The molecule has 31 heavy (non-hydrogen) atoms. The summed E-state index contributed by atoms with van der Waals surface area (Å²) in [5.41, 5.74) is 1.73. The highest BCUT2D eigenvalue weighted by atomic mass is 32.2. The first-order valence-corrected chi connectivity index (χ1v) is 10.5. The Bertz CT molecular complexity index is 1510. The highest BCUT2D eigenvalue weighted by Gasteiger charge is 2.20. The molecule has 0 aliphatic heterocycles. The van der Waals surface area contributed by atoms with E-state index in [2.05, 4.69) is 20.3 Å². The number of anilines is 1. The summed E-state index contributed by atoms with van der Waals surface area (Å²) in [6.45, 7) is 1.80. The van der Waals surface area contributed by atoms with Crippen LogP contribution in [0.3, 0.4) is 0 Å². The fraction of sp³-hybridized carbons (Fsp3) is 0.0870. The molecule has 5 aromatic rings. The summed E-state index contributed by atoms with van der Waals surface area (Å²) in [6.07, 6.45) is 1.55. The third-order valence-corrected chi connectivity index (χ3v) is 6.10. The fourth-order valence-corrected chi connectivity index (χ4v) is 4.47. The van der Waals surface area contributed by atoms with Crippen LogP contribution in [-0.4, -0.2) is 26.1 Å². The van der Waals surface area contributed by atoms with E-state index in [-0.39, 0.29) is 11.5 Å². The van der Waals surface area contributed by atoms with Gasteiger partial charge in [0.2, 0.25) is 5.91 Å². The van der Waals surface area contributed by atoms with Crippen LogP contribution in [0, 0.1) is 5.82 Å². The molecule has 6 nitrogen and oxygen atoms in total. The smallest absolute Gasteiger partial charge is 0.256 e. The van der Waals surface area contributed by atoms with E-state index < -0.39 is 11.1 Å². The van der Waals surface area contributed by atoms with Crippen LogP contribution in [0.25, 0.3) is 32.6 Å². The molecule has 1 amide bonds. The van der Waals surface area contributed by atoms with Gasteiger partial charge in [-0.3, -0.25) is 9.59 Å². The number of pyridine rings is 1. The molecule has 0 aliphatic carbocycles. The van der Waals surface area contributed by atoms with Gasteiger partial charge in [0.1, 0.15) is 5.82 Å². The molecule has 0 bridgehead atoms. The molecule has 0 aliphatic rings. The molecule has 0 saturated heterocycles. The van der Waals surface area contributed by atoms with Crippen molar-refractivity contribution in [1.29, 1.82) is 0 Å². The van der Waals surface area contributed by atoms with Crippen molar-refractivity contribution in [3.8, 4) is 0 Å². The zero-order chi connectivity index (χ0) is 21.5. The van der Waals surface area contributed by atoms with E-state index in [1.807, 2.05) is 30.3 Å². The number of carbonyl (C=O) groups is 1. The first-order chi connectivity index (χ1) is 15.0. The fourth-order valence-electron chi connectivity index (χ4n) is 3.67. The zero-order valence-corrected chi connectivity index (χ0v) is 17.2. The lowest BCUT2D eigenvalue weighted by atomic mass is 10.0. The third kappa shape index (κ3) is 3.44. The summed E-state index contributed by atoms with van der Waals surface area (Å²) >= 11 is 1.28. The molecule has 0 fully saturated rings. The van der Waals surface area contributed by atoms with Crippen molar-refractivity contribution in [3.05, 3.63) is 77.0 Å². The predicted molar refractivity (Wildman–Crippen MR) is 122 cm³/mol. The largest absolute Gasteiger partial charge is 0.332 e. The number of nitrogens with zero attached hydrogens (tertiary/aromatic N) is 1. The summed E-state index contributed by atoms with van der Waals surface area (Å²) in [4.78, 5) is 35.7. The quantitative estimate of drug-likeness (QED) is 0.281. The number of para-hydroxylation sites is 1. The van der Waals surface area contributed by atoms with Gasteiger partial charge < -0.3 is 15.3 Å². The summed E-state index contributed by atoms with van der Waals surface area (Å²) in [5, 5.41) is 5.23. The lowest BCUT2D eigenvalue weighted by molar-refractivity contribution is -0.115. The number of fused-ring (bicyclic) bond motifs is 6. The van der Waals surface area contributed by atoms with Gasteiger partial charge in [0.25, 0.3) is 5.56 Å². The van der Waals surface area contributed by atoms with Crippen molar-refractivity contribution >= 4 is 55.9 Å². The van der Waals surface area contributed by atoms with E-state index >= 15 is 0 Å². The average Bonchev–Trinajstić information content (AvgIpc) is 3.18. The topological polar surface area (TPSA) is 90.6 Å². The molecule has 0 spiro atoms. The molecule has 8 heteroatoms. The number of aromatic amines is 2. The van der Waals surface area contributed by atoms with E-state index in [0.717, 1.165) is 5.69 Å². The molecule has 2 aromatic heterocycles. The number of amides is 1. The van der Waals surface area contributed by atoms with Crippen molar-refractivity contribution in [1.82, 2.24) is 15.0 Å². The molecule has 154 valence electrons. The number of H-pyrrole nitrogens is 2. The molecule has 3 N–H and O–H groups in total. The number of halogens is 1. The molecule has 3 aromatic carbocycles. The number of imidazole rings is 1. The number of benzene rings is 3. The van der Waals surface area contributed by atoms with E-state index in [1.165, 1.54) is 23.9 Å². The predicted octanol–water partition coefficient (Wildman–Crippen LogP) is 4.82. The number of rotatable bonds is 4. The number of thioether (sulfide) groups is 1. The Morgan fingerprint density at radius 1 is 1.10 bits per heavy atom. The third-order valence-electron chi connectivity index (χ3n) is 5.12. The van der Waals surface area contributed by atoms with Crippen LogP contribution in [0.2, 0.25) is 0 Å². The number of hydrogen-bond donors (Lipinski definition) is 3. The Kier molecular flexibility index (Phi) is 4.71. The Balaban J connectivity index is 1.58. The van der Waals surface area contributed by atoms with Crippen LogP contribution in [0.4, 0.5) is 10.1 Å². The molecule has 1 unspecified atom stereocenters. The number of hydrogen-bond acceptors (Lipinski definition) is 4. The molecular formula is C23H17FN4O2S. The summed E-state index contributed by atoms with van der Waals surface area (Å²) in [5.74, 6) is -0.568. The first-order valence-electron chi connectivity index (χ1n) is 9.66. The highest BCUT2D eigenvalue weighted by molar-refractivity contribution is 8.00. The van der Waals surface area contributed by atoms with E-state index in [9.17, 15) is 14.0 Å². The zero-order valence-electron chi connectivity index (χ0n) is 16.4. The van der Waals surface area contributed by atoms with E-state index in [4.69, 9.17) is 0 Å². The Morgan fingerprint density at radius 2 is 1.90 bits per heavy atom. The van der Waals surface area contributed by atoms with Crippen molar-refractivity contribution in [2.75, 3.05) is 5.32 Å². The van der Waals surface area contributed by atoms with Crippen LogP contribution in [-0.2, 0) is 4.79 Å². The lowest BCUT2D eigenvalue weighted by Gasteiger charge is -2.10.